The molecule has 0 spiro atoms. The molecular formula is C17H26N2S. The average Bonchev–Trinajstić information content (AvgIpc) is 2.88. The summed E-state index contributed by atoms with van der Waals surface area (Å²) < 4.78 is 0. The Kier molecular flexibility index (Phi) is 4.69. The van der Waals surface area contributed by atoms with Crippen LogP contribution in [0, 0.1) is 5.92 Å². The minimum atomic E-state index is 0.683. The smallest absolute Gasteiger partial charge is 0.0263 e. The molecule has 3 rings (SSSR count). The predicted molar refractivity (Wildman–Crippen MR) is 87.5 cm³/mol. The van der Waals surface area contributed by atoms with Crippen LogP contribution in [0.3, 0.4) is 0 Å². The topological polar surface area (TPSA) is 15.3 Å². The Morgan fingerprint density at radius 1 is 1.40 bits per heavy atom. The molecule has 1 saturated heterocycles. The molecule has 0 aromatic heterocycles. The van der Waals surface area contributed by atoms with Crippen molar-refractivity contribution >= 4 is 11.8 Å². The summed E-state index contributed by atoms with van der Waals surface area (Å²) in [7, 11) is 0. The minimum Gasteiger partial charge on any atom is -0.311 e. The van der Waals surface area contributed by atoms with Crippen molar-refractivity contribution in [1.82, 2.24) is 10.2 Å². The summed E-state index contributed by atoms with van der Waals surface area (Å²) in [5.41, 5.74) is 1.55. The van der Waals surface area contributed by atoms with Gasteiger partial charge in [0.1, 0.15) is 0 Å². The van der Waals surface area contributed by atoms with E-state index in [4.69, 9.17) is 0 Å². The molecule has 0 aliphatic carbocycles. The molecule has 1 aromatic rings. The fraction of sp³-hybridized carbons (Fsp3) is 0.647. The van der Waals surface area contributed by atoms with E-state index < -0.39 is 0 Å². The zero-order chi connectivity index (χ0) is 13.9. The second kappa shape index (κ2) is 6.50. The van der Waals surface area contributed by atoms with E-state index in [9.17, 15) is 0 Å². The molecule has 2 aliphatic rings. The van der Waals surface area contributed by atoms with Crippen LogP contribution in [0.4, 0.5) is 0 Å². The lowest BCUT2D eigenvalue weighted by Gasteiger charge is -2.37. The van der Waals surface area contributed by atoms with E-state index in [0.717, 1.165) is 17.7 Å². The van der Waals surface area contributed by atoms with Gasteiger partial charge in [-0.15, -0.1) is 11.8 Å². The molecule has 0 bridgehead atoms. The molecule has 2 heterocycles. The fourth-order valence-corrected chi connectivity index (χ4v) is 4.68. The van der Waals surface area contributed by atoms with Gasteiger partial charge in [0.05, 0.1) is 0 Å². The third-order valence-corrected chi connectivity index (χ3v) is 6.10. The Balaban J connectivity index is 1.54. The van der Waals surface area contributed by atoms with Crippen molar-refractivity contribution in [3.05, 3.63) is 29.8 Å². The standard InChI is InChI=1S/C17H26N2S/c1-3-13(2)16-12-19(9-8-18-16)11-15-10-14-6-4-5-7-17(14)20-15/h4-7,13,15-16,18H,3,8-12H2,1-2H3. The van der Waals surface area contributed by atoms with Crippen molar-refractivity contribution in [1.29, 1.82) is 0 Å². The number of hydrogen-bond acceptors (Lipinski definition) is 3. The molecule has 20 heavy (non-hydrogen) atoms. The second-order valence-electron chi connectivity index (χ2n) is 6.26. The lowest BCUT2D eigenvalue weighted by atomic mass is 9.97. The third-order valence-electron chi connectivity index (χ3n) is 4.80. The van der Waals surface area contributed by atoms with E-state index >= 15 is 0 Å². The van der Waals surface area contributed by atoms with Crippen molar-refractivity contribution in [2.45, 2.75) is 42.9 Å². The summed E-state index contributed by atoms with van der Waals surface area (Å²) in [6, 6.07) is 9.59. The van der Waals surface area contributed by atoms with Crippen molar-refractivity contribution in [3.63, 3.8) is 0 Å². The lowest BCUT2D eigenvalue weighted by molar-refractivity contribution is 0.169. The number of thioether (sulfide) groups is 1. The zero-order valence-corrected chi connectivity index (χ0v) is 13.5. The summed E-state index contributed by atoms with van der Waals surface area (Å²) >= 11 is 2.08. The largest absolute Gasteiger partial charge is 0.311 e. The van der Waals surface area contributed by atoms with Crippen LogP contribution in [0.15, 0.2) is 29.2 Å². The first-order valence-corrected chi connectivity index (χ1v) is 8.84. The van der Waals surface area contributed by atoms with Gasteiger partial charge in [0.2, 0.25) is 0 Å². The number of benzene rings is 1. The number of fused-ring (bicyclic) bond motifs is 1. The Morgan fingerprint density at radius 3 is 3.05 bits per heavy atom. The molecule has 1 fully saturated rings. The first-order valence-electron chi connectivity index (χ1n) is 7.96. The summed E-state index contributed by atoms with van der Waals surface area (Å²) in [6.07, 6.45) is 2.52. The van der Waals surface area contributed by atoms with Crippen LogP contribution >= 0.6 is 11.8 Å². The van der Waals surface area contributed by atoms with Gasteiger partial charge >= 0.3 is 0 Å². The van der Waals surface area contributed by atoms with Gasteiger partial charge in [0, 0.05) is 42.4 Å². The second-order valence-corrected chi connectivity index (χ2v) is 7.60. The van der Waals surface area contributed by atoms with E-state index in [-0.39, 0.29) is 0 Å². The Hall–Kier alpha value is -0.510. The molecule has 3 heteroatoms. The monoisotopic (exact) mass is 290 g/mol. The lowest BCUT2D eigenvalue weighted by Crippen LogP contribution is -2.54. The quantitative estimate of drug-likeness (QED) is 0.917. The van der Waals surface area contributed by atoms with E-state index in [2.05, 4.69) is 60.1 Å². The maximum absolute atomic E-state index is 3.69. The summed E-state index contributed by atoms with van der Waals surface area (Å²) in [4.78, 5) is 4.18. The highest BCUT2D eigenvalue weighted by atomic mass is 32.2. The first-order chi connectivity index (χ1) is 9.76. The Morgan fingerprint density at radius 2 is 2.25 bits per heavy atom. The molecule has 3 atom stereocenters. The molecule has 0 amide bonds. The first kappa shape index (κ1) is 14.4. The molecule has 0 saturated carbocycles. The fourth-order valence-electron chi connectivity index (χ4n) is 3.32. The zero-order valence-electron chi connectivity index (χ0n) is 12.6. The number of nitrogens with one attached hydrogen (secondary N) is 1. The molecule has 3 unspecified atom stereocenters. The highest BCUT2D eigenvalue weighted by Crippen LogP contribution is 2.37. The van der Waals surface area contributed by atoms with Crippen LogP contribution in [0.1, 0.15) is 25.8 Å². The third kappa shape index (κ3) is 3.21. The molecular weight excluding hydrogens is 264 g/mol. The normalized spacial score (nSPS) is 28.3. The average molecular weight is 290 g/mol. The summed E-state index contributed by atoms with van der Waals surface area (Å²) in [5.74, 6) is 0.784. The molecule has 2 nitrogen and oxygen atoms in total. The van der Waals surface area contributed by atoms with Gasteiger partial charge in [0.15, 0.2) is 0 Å². The maximum Gasteiger partial charge on any atom is 0.0263 e. The Bertz CT molecular complexity index is 423. The van der Waals surface area contributed by atoms with Crippen LogP contribution in [0.25, 0.3) is 0 Å². The SMILES string of the molecule is CCC(C)C1CN(CC2Cc3ccccc3S2)CCN1. The Labute approximate surface area is 127 Å². The van der Waals surface area contributed by atoms with Crippen LogP contribution in [0.5, 0.6) is 0 Å². The van der Waals surface area contributed by atoms with Gasteiger partial charge in [-0.1, -0.05) is 38.5 Å². The molecule has 1 N–H and O–H groups in total. The van der Waals surface area contributed by atoms with Gasteiger partial charge < -0.3 is 5.32 Å². The van der Waals surface area contributed by atoms with Gasteiger partial charge in [-0.05, 0) is 24.0 Å². The number of rotatable bonds is 4. The van der Waals surface area contributed by atoms with E-state index in [1.165, 1.54) is 37.4 Å². The van der Waals surface area contributed by atoms with Crippen LogP contribution in [0.2, 0.25) is 0 Å². The maximum atomic E-state index is 3.69. The van der Waals surface area contributed by atoms with Gasteiger partial charge in [0.25, 0.3) is 0 Å². The number of piperazine rings is 1. The molecule has 0 radical (unpaired) electrons. The number of nitrogens with zero attached hydrogens (tertiary/aromatic N) is 1. The van der Waals surface area contributed by atoms with E-state index in [1.54, 1.807) is 5.56 Å². The van der Waals surface area contributed by atoms with Crippen molar-refractivity contribution in [3.8, 4) is 0 Å². The highest BCUT2D eigenvalue weighted by molar-refractivity contribution is 8.00. The van der Waals surface area contributed by atoms with Gasteiger partial charge in [-0.3, -0.25) is 4.90 Å². The van der Waals surface area contributed by atoms with Crippen molar-refractivity contribution in [2.24, 2.45) is 5.92 Å². The van der Waals surface area contributed by atoms with E-state index in [0.29, 0.717) is 6.04 Å². The predicted octanol–water partition coefficient (Wildman–Crippen LogP) is 3.02. The van der Waals surface area contributed by atoms with Crippen LogP contribution in [-0.2, 0) is 6.42 Å². The number of hydrogen-bond donors (Lipinski definition) is 1. The van der Waals surface area contributed by atoms with Crippen LogP contribution < -0.4 is 5.32 Å². The van der Waals surface area contributed by atoms with Gasteiger partial charge in [-0.2, -0.15) is 0 Å². The molecule has 1 aromatic carbocycles. The molecule has 110 valence electrons. The van der Waals surface area contributed by atoms with Crippen molar-refractivity contribution in [2.75, 3.05) is 26.2 Å². The van der Waals surface area contributed by atoms with Crippen LogP contribution in [-0.4, -0.2) is 42.4 Å². The minimum absolute atomic E-state index is 0.683. The summed E-state index contributed by atoms with van der Waals surface area (Å²) in [6.45, 7) is 9.51. The van der Waals surface area contributed by atoms with Gasteiger partial charge in [-0.25, -0.2) is 0 Å². The van der Waals surface area contributed by atoms with Crippen molar-refractivity contribution < 1.29 is 0 Å². The van der Waals surface area contributed by atoms with E-state index in [1.807, 2.05) is 0 Å². The summed E-state index contributed by atoms with van der Waals surface area (Å²) in [5, 5.41) is 4.45. The molecule has 2 aliphatic heterocycles. The highest BCUT2D eigenvalue weighted by Gasteiger charge is 2.28.